The normalized spacial score (nSPS) is 12.1. The Balaban J connectivity index is 0.965. The van der Waals surface area contributed by atoms with Crippen LogP contribution < -0.4 is 41.5 Å². The number of fused-ring (bicyclic) bond motifs is 9. The van der Waals surface area contributed by atoms with E-state index in [0.29, 0.717) is 0 Å². The van der Waals surface area contributed by atoms with E-state index >= 15 is 0 Å². The Morgan fingerprint density at radius 2 is 0.446 bits per heavy atom. The molecule has 0 spiro atoms. The Morgan fingerprint density at radius 1 is 0.157 bits per heavy atom. The number of hydrogen-bond acceptors (Lipinski definition) is 0. The molecular formula is C78H55N3Si2. The molecule has 0 unspecified atom stereocenters. The van der Waals surface area contributed by atoms with E-state index < -0.39 is 16.1 Å². The van der Waals surface area contributed by atoms with E-state index in [1.54, 1.807) is 0 Å². The summed E-state index contributed by atoms with van der Waals surface area (Å²) in [5.74, 6) is 0. The van der Waals surface area contributed by atoms with Gasteiger partial charge in [0.15, 0.2) is 16.1 Å². The van der Waals surface area contributed by atoms with Gasteiger partial charge in [0.05, 0.1) is 33.1 Å². The Kier molecular flexibility index (Phi) is 11.6. The van der Waals surface area contributed by atoms with E-state index in [2.05, 4.69) is 347 Å². The predicted octanol–water partition coefficient (Wildman–Crippen LogP) is 13.7. The highest BCUT2D eigenvalue weighted by atomic mass is 28.3. The first-order chi connectivity index (χ1) is 41.2. The van der Waals surface area contributed by atoms with Crippen molar-refractivity contribution >= 4 is 123 Å². The summed E-state index contributed by atoms with van der Waals surface area (Å²) in [6.45, 7) is 0. The first-order valence-electron chi connectivity index (χ1n) is 28.7. The Bertz CT molecular complexity index is 4820. The van der Waals surface area contributed by atoms with Gasteiger partial charge in [0.1, 0.15) is 0 Å². The van der Waals surface area contributed by atoms with Crippen molar-refractivity contribution in [1.29, 1.82) is 0 Å². The van der Waals surface area contributed by atoms with Crippen molar-refractivity contribution in [2.24, 2.45) is 0 Å². The van der Waals surface area contributed by atoms with Crippen LogP contribution in [0.1, 0.15) is 0 Å². The average molecular weight is 1090 g/mol. The van der Waals surface area contributed by atoms with Crippen molar-refractivity contribution in [2.75, 3.05) is 0 Å². The van der Waals surface area contributed by atoms with Gasteiger partial charge < -0.3 is 13.7 Å². The lowest BCUT2D eigenvalue weighted by molar-refractivity contribution is 1.15. The zero-order valence-electron chi connectivity index (χ0n) is 45.6. The summed E-state index contributed by atoms with van der Waals surface area (Å²) < 4.78 is 7.52. The summed E-state index contributed by atoms with van der Waals surface area (Å²) in [5, 5.41) is 18.1. The molecule has 83 heavy (non-hydrogen) atoms. The van der Waals surface area contributed by atoms with Crippen LogP contribution in [0.2, 0.25) is 0 Å². The van der Waals surface area contributed by atoms with Crippen molar-refractivity contribution in [3.63, 3.8) is 0 Å². The third kappa shape index (κ3) is 7.49. The van der Waals surface area contributed by atoms with Crippen LogP contribution >= 0.6 is 0 Å². The second kappa shape index (κ2) is 19.7. The van der Waals surface area contributed by atoms with Crippen molar-refractivity contribution in [2.45, 2.75) is 0 Å². The number of nitrogens with zero attached hydrogens (tertiary/aromatic N) is 3. The van der Waals surface area contributed by atoms with E-state index in [1.165, 1.54) is 95.9 Å². The standard InChI is InChI=1S/C78H55N3Si2/c1-7-27-59(28-8-1)82(60-29-9-2-10-30-60,61-31-11-3-12-32-61)65-39-25-26-56(52-65)79-75-45-24-21-42-69(75)72-53-57(47-51-76(72)79)81-77-54-58(80-73-43-22-19-40-67(73)68-41-20-23-44-74(68)80)46-49-70(77)71-50-48-66(55-78(71)81)83(62-33-13-4-14-34-62,63-35-15-5-16-36-63)64-37-17-6-18-38-64/h1-55H. The number of para-hydroxylation sites is 3. The second-order valence-electron chi connectivity index (χ2n) is 21.9. The molecule has 3 heterocycles. The van der Waals surface area contributed by atoms with Gasteiger partial charge in [-0.2, -0.15) is 0 Å². The van der Waals surface area contributed by atoms with Crippen molar-refractivity contribution in [1.82, 2.24) is 13.7 Å². The quantitative estimate of drug-likeness (QED) is 0.0906. The predicted molar refractivity (Wildman–Crippen MR) is 357 cm³/mol. The molecule has 16 aromatic rings. The fourth-order valence-electron chi connectivity index (χ4n) is 14.2. The van der Waals surface area contributed by atoms with E-state index in [4.69, 9.17) is 0 Å². The molecule has 0 atom stereocenters. The fourth-order valence-corrected chi connectivity index (χ4v) is 23.8. The molecule has 0 N–H and O–H groups in total. The van der Waals surface area contributed by atoms with Gasteiger partial charge in [-0.25, -0.2) is 0 Å². The highest BCUT2D eigenvalue weighted by molar-refractivity contribution is 7.20. The topological polar surface area (TPSA) is 14.8 Å². The Labute approximate surface area is 484 Å². The average Bonchev–Trinajstić information content (AvgIpc) is 2.19. The lowest BCUT2D eigenvalue weighted by Crippen LogP contribution is -2.74. The van der Waals surface area contributed by atoms with Gasteiger partial charge in [-0.15, -0.1) is 0 Å². The van der Waals surface area contributed by atoms with Crippen molar-refractivity contribution in [3.05, 3.63) is 334 Å². The van der Waals surface area contributed by atoms with Crippen LogP contribution in [0.25, 0.3) is 82.5 Å². The minimum absolute atomic E-state index is 1.11. The molecule has 0 fully saturated rings. The molecule has 5 heteroatoms. The molecular weight excluding hydrogens is 1040 g/mol. The minimum atomic E-state index is -2.92. The Hall–Kier alpha value is -10.3. The lowest BCUT2D eigenvalue weighted by Gasteiger charge is -2.34. The van der Waals surface area contributed by atoms with Crippen LogP contribution in [0.15, 0.2) is 334 Å². The molecule has 0 saturated carbocycles. The van der Waals surface area contributed by atoms with Crippen LogP contribution in [0.5, 0.6) is 0 Å². The second-order valence-corrected chi connectivity index (χ2v) is 29.6. The Morgan fingerprint density at radius 3 is 0.892 bits per heavy atom. The van der Waals surface area contributed by atoms with Crippen molar-refractivity contribution in [3.8, 4) is 17.1 Å². The van der Waals surface area contributed by atoms with Crippen molar-refractivity contribution < 1.29 is 0 Å². The van der Waals surface area contributed by atoms with Crippen LogP contribution in [0, 0.1) is 0 Å². The fraction of sp³-hybridized carbons (Fsp3) is 0. The van der Waals surface area contributed by atoms with Gasteiger partial charge in [0.2, 0.25) is 0 Å². The summed E-state index contributed by atoms with van der Waals surface area (Å²) in [5.41, 5.74) is 10.4. The summed E-state index contributed by atoms with van der Waals surface area (Å²) >= 11 is 0. The first kappa shape index (κ1) is 48.6. The van der Waals surface area contributed by atoms with Gasteiger partial charge in [-0.3, -0.25) is 0 Å². The highest BCUT2D eigenvalue weighted by Gasteiger charge is 2.43. The van der Waals surface area contributed by atoms with Gasteiger partial charge >= 0.3 is 0 Å². The zero-order chi connectivity index (χ0) is 54.9. The van der Waals surface area contributed by atoms with Crippen LogP contribution in [0.3, 0.4) is 0 Å². The van der Waals surface area contributed by atoms with E-state index in [0.717, 1.165) is 28.1 Å². The van der Waals surface area contributed by atoms with Gasteiger partial charge in [0, 0.05) is 49.4 Å². The smallest absolute Gasteiger partial charge is 0.179 e. The number of benzene rings is 13. The van der Waals surface area contributed by atoms with E-state index in [-0.39, 0.29) is 0 Å². The molecule has 0 bridgehead atoms. The van der Waals surface area contributed by atoms with E-state index in [1.807, 2.05) is 0 Å². The molecule has 0 aliphatic rings. The molecule has 0 radical (unpaired) electrons. The van der Waals surface area contributed by atoms with E-state index in [9.17, 15) is 0 Å². The van der Waals surface area contributed by atoms with Crippen LogP contribution in [0.4, 0.5) is 0 Å². The molecule has 0 aliphatic heterocycles. The molecule has 13 aromatic carbocycles. The first-order valence-corrected chi connectivity index (χ1v) is 32.7. The summed E-state index contributed by atoms with van der Waals surface area (Å²) in [7, 11) is -5.75. The summed E-state index contributed by atoms with van der Waals surface area (Å²) in [6.07, 6.45) is 0. The minimum Gasteiger partial charge on any atom is -0.309 e. The molecule has 0 amide bonds. The molecule has 0 aliphatic carbocycles. The SMILES string of the molecule is c1ccc([Si](c2ccccc2)(c2ccccc2)c2cccc(-n3c4ccccc4c4cc(-n5c6cc(-n7c8ccccc8c8ccccc87)ccc6c6ccc([Si](c7ccccc7)(c7ccccc7)c7ccccc7)cc65)ccc43)c2)cc1. The third-order valence-electron chi connectivity index (χ3n) is 17.7. The zero-order valence-corrected chi connectivity index (χ0v) is 47.6. The van der Waals surface area contributed by atoms with Gasteiger partial charge in [0.25, 0.3) is 0 Å². The number of hydrogen-bond donors (Lipinski definition) is 0. The molecule has 0 saturated heterocycles. The summed E-state index contributed by atoms with van der Waals surface area (Å²) in [6, 6.07) is 125. The maximum Gasteiger partial charge on any atom is 0.179 e. The molecule has 16 rings (SSSR count). The monoisotopic (exact) mass is 1090 g/mol. The lowest BCUT2D eigenvalue weighted by atomic mass is 10.1. The molecule has 3 nitrogen and oxygen atoms in total. The molecule has 390 valence electrons. The van der Waals surface area contributed by atoms with Gasteiger partial charge in [-0.1, -0.05) is 267 Å². The third-order valence-corrected chi connectivity index (χ3v) is 27.3. The molecule has 3 aromatic heterocycles. The highest BCUT2D eigenvalue weighted by Crippen LogP contribution is 2.39. The number of rotatable bonds is 11. The van der Waals surface area contributed by atoms with Gasteiger partial charge in [-0.05, 0) is 108 Å². The number of aromatic nitrogens is 3. The van der Waals surface area contributed by atoms with Crippen LogP contribution in [-0.2, 0) is 0 Å². The maximum atomic E-state index is 2.57. The maximum absolute atomic E-state index is 2.92. The largest absolute Gasteiger partial charge is 0.309 e. The summed E-state index contributed by atoms with van der Waals surface area (Å²) in [4.78, 5) is 0. The van der Waals surface area contributed by atoms with Crippen LogP contribution in [-0.4, -0.2) is 29.8 Å².